The average molecular weight is 365 g/mol. The van der Waals surface area contributed by atoms with E-state index in [1.165, 1.54) is 4.90 Å². The van der Waals surface area contributed by atoms with E-state index in [-0.39, 0.29) is 6.03 Å². The van der Waals surface area contributed by atoms with Gasteiger partial charge in [0.25, 0.3) is 0 Å². The molecule has 1 atom stereocenters. The maximum atomic E-state index is 12.1. The predicted molar refractivity (Wildman–Crippen MR) is 79.7 cm³/mol. The lowest BCUT2D eigenvalue weighted by molar-refractivity contribution is -0.141. The topological polar surface area (TPSA) is 69.6 Å². The van der Waals surface area contributed by atoms with Gasteiger partial charge in [-0.3, -0.25) is 0 Å². The van der Waals surface area contributed by atoms with Crippen molar-refractivity contribution in [2.75, 3.05) is 18.1 Å². The second-order valence-corrected chi connectivity index (χ2v) is 6.98. The van der Waals surface area contributed by atoms with Crippen molar-refractivity contribution in [2.24, 2.45) is 0 Å². The van der Waals surface area contributed by atoms with E-state index in [9.17, 15) is 9.59 Å². The molecule has 1 aromatic rings. The van der Waals surface area contributed by atoms with Gasteiger partial charge in [-0.1, -0.05) is 0 Å². The molecular weight excluding hydrogens is 352 g/mol. The van der Waals surface area contributed by atoms with Gasteiger partial charge in [-0.2, -0.15) is 11.8 Å². The van der Waals surface area contributed by atoms with Gasteiger partial charge in [0.1, 0.15) is 6.04 Å². The molecule has 19 heavy (non-hydrogen) atoms. The molecule has 1 unspecified atom stereocenters. The Hall–Kier alpha value is -0.730. The van der Waals surface area contributed by atoms with Crippen LogP contribution in [0.3, 0.4) is 0 Å². The van der Waals surface area contributed by atoms with Crippen molar-refractivity contribution in [3.05, 3.63) is 20.8 Å². The van der Waals surface area contributed by atoms with Crippen molar-refractivity contribution >= 4 is 51.0 Å². The van der Waals surface area contributed by atoms with Gasteiger partial charge in [0.15, 0.2) is 0 Å². The summed E-state index contributed by atoms with van der Waals surface area (Å²) in [5.74, 6) is 0.283. The minimum Gasteiger partial charge on any atom is -0.480 e. The molecule has 2 heterocycles. The Balaban J connectivity index is 1.94. The first-order valence-electron chi connectivity index (χ1n) is 5.66. The van der Waals surface area contributed by atoms with E-state index in [1.807, 2.05) is 11.4 Å². The molecule has 8 heteroatoms. The van der Waals surface area contributed by atoms with Crippen molar-refractivity contribution in [3.63, 3.8) is 0 Å². The van der Waals surface area contributed by atoms with Crippen LogP contribution in [0.4, 0.5) is 4.79 Å². The summed E-state index contributed by atoms with van der Waals surface area (Å²) in [7, 11) is 0. The molecule has 0 spiro atoms. The van der Waals surface area contributed by atoms with Crippen molar-refractivity contribution < 1.29 is 14.7 Å². The van der Waals surface area contributed by atoms with E-state index in [0.29, 0.717) is 18.8 Å². The van der Waals surface area contributed by atoms with Crippen molar-refractivity contribution in [3.8, 4) is 0 Å². The van der Waals surface area contributed by atoms with E-state index in [1.54, 1.807) is 23.1 Å². The second kappa shape index (κ2) is 6.62. The smallest absolute Gasteiger partial charge is 0.327 e. The van der Waals surface area contributed by atoms with Crippen molar-refractivity contribution in [1.29, 1.82) is 0 Å². The van der Waals surface area contributed by atoms with Gasteiger partial charge in [-0.15, -0.1) is 11.3 Å². The Kier molecular flexibility index (Phi) is 5.12. The van der Waals surface area contributed by atoms with Crippen LogP contribution in [-0.4, -0.2) is 46.1 Å². The van der Waals surface area contributed by atoms with Gasteiger partial charge >= 0.3 is 12.0 Å². The molecule has 0 radical (unpaired) electrons. The number of amides is 2. The van der Waals surface area contributed by atoms with Crippen LogP contribution < -0.4 is 5.32 Å². The first-order chi connectivity index (χ1) is 9.09. The van der Waals surface area contributed by atoms with Crippen LogP contribution in [-0.2, 0) is 11.3 Å². The third-order valence-electron chi connectivity index (χ3n) is 2.77. The quantitative estimate of drug-likeness (QED) is 0.862. The van der Waals surface area contributed by atoms with Gasteiger partial charge in [-0.25, -0.2) is 9.59 Å². The summed E-state index contributed by atoms with van der Waals surface area (Å²) in [4.78, 5) is 25.6. The Morgan fingerprint density at radius 1 is 1.58 bits per heavy atom. The number of hydrogen-bond donors (Lipinski definition) is 2. The van der Waals surface area contributed by atoms with Crippen LogP contribution in [0.2, 0.25) is 0 Å². The van der Waals surface area contributed by atoms with E-state index < -0.39 is 12.0 Å². The zero-order valence-corrected chi connectivity index (χ0v) is 13.2. The van der Waals surface area contributed by atoms with Crippen LogP contribution in [0.15, 0.2) is 15.9 Å². The Labute approximate surface area is 127 Å². The number of thioether (sulfide) groups is 1. The standard InChI is InChI=1S/C11H13BrN2O3S2/c12-7-1-3-19-9(7)5-13-11(17)14-2-4-18-6-8(14)10(15)16/h1,3,8H,2,4-6H2,(H,13,17)(H,15,16). The molecule has 0 bridgehead atoms. The average Bonchev–Trinajstić information content (AvgIpc) is 2.81. The maximum Gasteiger partial charge on any atom is 0.327 e. The lowest BCUT2D eigenvalue weighted by Gasteiger charge is -2.32. The molecule has 2 amide bonds. The van der Waals surface area contributed by atoms with Gasteiger partial charge in [0.05, 0.1) is 6.54 Å². The minimum atomic E-state index is -0.945. The van der Waals surface area contributed by atoms with E-state index in [2.05, 4.69) is 21.2 Å². The molecular formula is C11H13BrN2O3S2. The van der Waals surface area contributed by atoms with E-state index >= 15 is 0 Å². The fourth-order valence-electron chi connectivity index (χ4n) is 1.76. The third kappa shape index (κ3) is 3.64. The first-order valence-corrected chi connectivity index (χ1v) is 8.49. The Morgan fingerprint density at radius 2 is 2.37 bits per heavy atom. The number of nitrogens with zero attached hydrogens (tertiary/aromatic N) is 1. The van der Waals surface area contributed by atoms with Gasteiger partial charge in [0, 0.05) is 27.4 Å². The van der Waals surface area contributed by atoms with Crippen molar-refractivity contribution in [1.82, 2.24) is 10.2 Å². The Morgan fingerprint density at radius 3 is 3.00 bits per heavy atom. The molecule has 104 valence electrons. The molecule has 1 aliphatic heterocycles. The highest BCUT2D eigenvalue weighted by molar-refractivity contribution is 9.10. The highest BCUT2D eigenvalue weighted by Crippen LogP contribution is 2.22. The third-order valence-corrected chi connectivity index (χ3v) is 5.71. The molecule has 0 aliphatic carbocycles. The van der Waals surface area contributed by atoms with E-state index in [0.717, 1.165) is 15.1 Å². The highest BCUT2D eigenvalue weighted by Gasteiger charge is 2.32. The molecule has 5 nitrogen and oxygen atoms in total. The minimum absolute atomic E-state index is 0.312. The van der Waals surface area contributed by atoms with Gasteiger partial charge in [-0.05, 0) is 27.4 Å². The largest absolute Gasteiger partial charge is 0.480 e. The number of carboxylic acid groups (broad SMARTS) is 1. The molecule has 2 rings (SSSR count). The molecule has 0 saturated carbocycles. The number of nitrogens with one attached hydrogen (secondary N) is 1. The fraction of sp³-hybridized carbons (Fsp3) is 0.455. The number of carbonyl (C=O) groups is 2. The number of urea groups is 1. The molecule has 1 saturated heterocycles. The summed E-state index contributed by atoms with van der Waals surface area (Å²) in [5.41, 5.74) is 0. The maximum absolute atomic E-state index is 12.1. The zero-order chi connectivity index (χ0) is 13.8. The molecule has 0 aromatic carbocycles. The summed E-state index contributed by atoms with van der Waals surface area (Å²) in [6, 6.07) is 0.877. The zero-order valence-electron chi connectivity index (χ0n) is 9.97. The Bertz CT molecular complexity index is 480. The predicted octanol–water partition coefficient (Wildman–Crippen LogP) is 2.22. The van der Waals surface area contributed by atoms with E-state index in [4.69, 9.17) is 5.11 Å². The summed E-state index contributed by atoms with van der Waals surface area (Å²) in [6.45, 7) is 0.881. The molecule has 2 N–H and O–H groups in total. The second-order valence-electron chi connectivity index (χ2n) is 3.97. The lowest BCUT2D eigenvalue weighted by atomic mass is 10.3. The van der Waals surface area contributed by atoms with Crippen LogP contribution in [0, 0.1) is 0 Å². The lowest BCUT2D eigenvalue weighted by Crippen LogP contribution is -2.53. The molecule has 1 aromatic heterocycles. The van der Waals surface area contributed by atoms with Crippen LogP contribution in [0.25, 0.3) is 0 Å². The molecule has 1 aliphatic rings. The monoisotopic (exact) mass is 364 g/mol. The fourth-order valence-corrected chi connectivity index (χ4v) is 4.23. The number of thiophene rings is 1. The number of aliphatic carboxylic acids is 1. The number of rotatable bonds is 3. The van der Waals surface area contributed by atoms with Crippen LogP contribution in [0.1, 0.15) is 4.88 Å². The van der Waals surface area contributed by atoms with Crippen LogP contribution >= 0.6 is 39.0 Å². The summed E-state index contributed by atoms with van der Waals surface area (Å²) < 4.78 is 0.960. The number of halogens is 1. The van der Waals surface area contributed by atoms with Crippen molar-refractivity contribution in [2.45, 2.75) is 12.6 Å². The normalized spacial score (nSPS) is 19.2. The van der Waals surface area contributed by atoms with Gasteiger partial charge < -0.3 is 15.3 Å². The summed E-state index contributed by atoms with van der Waals surface area (Å²) >= 11 is 6.50. The molecule has 1 fully saturated rings. The van der Waals surface area contributed by atoms with Crippen LogP contribution in [0.5, 0.6) is 0 Å². The number of hydrogen-bond acceptors (Lipinski definition) is 4. The summed E-state index contributed by atoms with van der Waals surface area (Å²) in [6.07, 6.45) is 0. The number of carboxylic acids is 1. The highest BCUT2D eigenvalue weighted by atomic mass is 79.9. The SMILES string of the molecule is O=C(O)C1CSCCN1C(=O)NCc1sccc1Br. The first kappa shape index (κ1) is 14.7. The van der Waals surface area contributed by atoms with Gasteiger partial charge in [0.2, 0.25) is 0 Å². The summed E-state index contributed by atoms with van der Waals surface area (Å²) in [5, 5.41) is 13.8. The number of carbonyl (C=O) groups excluding carboxylic acids is 1.